The number of benzene rings is 1. The highest BCUT2D eigenvalue weighted by Crippen LogP contribution is 2.30. The quantitative estimate of drug-likeness (QED) is 0.577. The first kappa shape index (κ1) is 19.3. The van der Waals surface area contributed by atoms with Crippen molar-refractivity contribution in [3.05, 3.63) is 23.8 Å². The van der Waals surface area contributed by atoms with Gasteiger partial charge in [-0.2, -0.15) is 0 Å². The predicted octanol–water partition coefficient (Wildman–Crippen LogP) is 2.53. The normalized spacial score (nSPS) is 13.7. The number of rotatable bonds is 7. The highest BCUT2D eigenvalue weighted by atomic mass is 16.5. The molecule has 0 atom stereocenters. The summed E-state index contributed by atoms with van der Waals surface area (Å²) < 4.78 is 5.37. The third kappa shape index (κ3) is 5.52. The zero-order valence-corrected chi connectivity index (χ0v) is 14.7. The van der Waals surface area contributed by atoms with Crippen molar-refractivity contribution in [1.29, 1.82) is 0 Å². The fourth-order valence-corrected chi connectivity index (χ4v) is 2.60. The van der Waals surface area contributed by atoms with Crippen molar-refractivity contribution in [3.63, 3.8) is 0 Å². The van der Waals surface area contributed by atoms with Crippen molar-refractivity contribution in [3.8, 4) is 17.6 Å². The number of nitrogens with zero attached hydrogens (tertiary/aromatic N) is 1. The summed E-state index contributed by atoms with van der Waals surface area (Å²) in [6, 6.07) is 4.86. The number of amides is 3. The first-order valence-corrected chi connectivity index (χ1v) is 8.51. The van der Waals surface area contributed by atoms with Gasteiger partial charge in [-0.25, -0.2) is 4.79 Å². The van der Waals surface area contributed by atoms with Gasteiger partial charge in [0.25, 0.3) is 0 Å². The molecule has 0 bridgehead atoms. The minimum atomic E-state index is -0.768. The molecule has 0 aliphatic carbocycles. The molecule has 1 aliphatic heterocycles. The Morgan fingerprint density at radius 1 is 1.31 bits per heavy atom. The number of urea groups is 1. The molecule has 0 saturated carbocycles. The van der Waals surface area contributed by atoms with Crippen LogP contribution in [-0.4, -0.2) is 36.7 Å². The van der Waals surface area contributed by atoms with Gasteiger partial charge < -0.3 is 9.84 Å². The molecule has 2 N–H and O–H groups in total. The molecule has 138 valence electrons. The molecule has 1 aliphatic rings. The SMILES string of the molecule is COc1cc(C#CCCCCCC(=O)O)ccc1N1CCC(=O)NC1=O. The monoisotopic (exact) mass is 358 g/mol. The van der Waals surface area contributed by atoms with E-state index in [0.717, 1.165) is 18.4 Å². The van der Waals surface area contributed by atoms with Gasteiger partial charge in [-0.15, -0.1) is 0 Å². The van der Waals surface area contributed by atoms with E-state index in [4.69, 9.17) is 9.84 Å². The summed E-state index contributed by atoms with van der Waals surface area (Å²) in [5.41, 5.74) is 1.36. The molecule has 0 unspecified atom stereocenters. The van der Waals surface area contributed by atoms with Gasteiger partial charge in [0.15, 0.2) is 0 Å². The van der Waals surface area contributed by atoms with E-state index in [2.05, 4.69) is 17.2 Å². The maximum absolute atomic E-state index is 12.0. The summed E-state index contributed by atoms with van der Waals surface area (Å²) in [5, 5.41) is 10.9. The lowest BCUT2D eigenvalue weighted by Gasteiger charge is -2.27. The third-order valence-corrected chi connectivity index (χ3v) is 3.95. The Morgan fingerprint density at radius 2 is 2.12 bits per heavy atom. The van der Waals surface area contributed by atoms with Crippen molar-refractivity contribution < 1.29 is 24.2 Å². The van der Waals surface area contributed by atoms with Crippen molar-refractivity contribution in [2.24, 2.45) is 0 Å². The maximum Gasteiger partial charge on any atom is 0.328 e. The lowest BCUT2D eigenvalue weighted by molar-refractivity contribution is -0.137. The van der Waals surface area contributed by atoms with Crippen molar-refractivity contribution in [2.75, 3.05) is 18.6 Å². The van der Waals surface area contributed by atoms with Crippen LogP contribution in [0.3, 0.4) is 0 Å². The van der Waals surface area contributed by atoms with Crippen LogP contribution in [0.5, 0.6) is 5.75 Å². The molecule has 0 radical (unpaired) electrons. The summed E-state index contributed by atoms with van der Waals surface area (Å²) >= 11 is 0. The number of carbonyl (C=O) groups is 3. The van der Waals surface area contributed by atoms with Crippen molar-refractivity contribution >= 4 is 23.6 Å². The van der Waals surface area contributed by atoms with Gasteiger partial charge in [0.1, 0.15) is 5.75 Å². The maximum atomic E-state index is 12.0. The second kappa shape index (κ2) is 9.47. The van der Waals surface area contributed by atoms with Gasteiger partial charge in [0.2, 0.25) is 5.91 Å². The Labute approximate surface area is 152 Å². The van der Waals surface area contributed by atoms with Crippen LogP contribution in [0.15, 0.2) is 18.2 Å². The number of anilines is 1. The summed E-state index contributed by atoms with van der Waals surface area (Å²) in [5.74, 6) is 5.58. The van der Waals surface area contributed by atoms with E-state index in [0.29, 0.717) is 30.8 Å². The number of unbranched alkanes of at least 4 members (excludes halogenated alkanes) is 3. The first-order chi connectivity index (χ1) is 12.5. The van der Waals surface area contributed by atoms with Crippen LogP contribution < -0.4 is 15.0 Å². The fraction of sp³-hybridized carbons (Fsp3) is 0.421. The third-order valence-electron chi connectivity index (χ3n) is 3.95. The van der Waals surface area contributed by atoms with E-state index in [9.17, 15) is 14.4 Å². The van der Waals surface area contributed by atoms with Gasteiger partial charge in [0.05, 0.1) is 12.8 Å². The Morgan fingerprint density at radius 3 is 2.81 bits per heavy atom. The number of hydrogen-bond acceptors (Lipinski definition) is 4. The molecule has 7 nitrogen and oxygen atoms in total. The van der Waals surface area contributed by atoms with Gasteiger partial charge in [-0.1, -0.05) is 18.3 Å². The van der Waals surface area contributed by atoms with Crippen LogP contribution in [-0.2, 0) is 9.59 Å². The zero-order valence-electron chi connectivity index (χ0n) is 14.7. The lowest BCUT2D eigenvalue weighted by atomic mass is 10.1. The van der Waals surface area contributed by atoms with Crippen LogP contribution in [0.4, 0.5) is 10.5 Å². The van der Waals surface area contributed by atoms with E-state index in [1.54, 1.807) is 18.2 Å². The number of imide groups is 1. The minimum absolute atomic E-state index is 0.196. The van der Waals surface area contributed by atoms with E-state index < -0.39 is 12.0 Å². The molecule has 2 rings (SSSR count). The highest BCUT2D eigenvalue weighted by Gasteiger charge is 2.26. The Balaban J connectivity index is 1.96. The molecular weight excluding hydrogens is 336 g/mol. The zero-order chi connectivity index (χ0) is 18.9. The van der Waals surface area contributed by atoms with E-state index in [1.165, 1.54) is 12.0 Å². The lowest BCUT2D eigenvalue weighted by Crippen LogP contribution is -2.49. The van der Waals surface area contributed by atoms with Crippen molar-refractivity contribution in [2.45, 2.75) is 38.5 Å². The standard InChI is InChI=1S/C19H22N2O5/c1-26-16-13-14(7-5-3-2-4-6-8-18(23)24)9-10-15(16)21-12-11-17(22)20-19(21)25/h9-10,13H,2-4,6,8,11-12H2,1H3,(H,23,24)(H,20,22,25). The molecule has 0 aromatic heterocycles. The van der Waals surface area contributed by atoms with Gasteiger partial charge in [-0.3, -0.25) is 19.8 Å². The largest absolute Gasteiger partial charge is 0.495 e. The van der Waals surface area contributed by atoms with E-state index >= 15 is 0 Å². The fourth-order valence-electron chi connectivity index (χ4n) is 2.60. The van der Waals surface area contributed by atoms with E-state index in [1.807, 2.05) is 0 Å². The molecule has 1 aromatic carbocycles. The number of nitrogens with one attached hydrogen (secondary N) is 1. The number of hydrogen-bond donors (Lipinski definition) is 2. The minimum Gasteiger partial charge on any atom is -0.495 e. The Kier molecular flexibility index (Phi) is 7.03. The number of aliphatic carboxylic acids is 1. The van der Waals surface area contributed by atoms with Crippen LogP contribution in [0.2, 0.25) is 0 Å². The van der Waals surface area contributed by atoms with Crippen molar-refractivity contribution in [1.82, 2.24) is 5.32 Å². The number of ether oxygens (including phenoxy) is 1. The molecule has 7 heteroatoms. The Bertz CT molecular complexity index is 748. The van der Waals surface area contributed by atoms with Crippen LogP contribution >= 0.6 is 0 Å². The average molecular weight is 358 g/mol. The number of carbonyl (C=O) groups excluding carboxylic acids is 2. The molecule has 1 saturated heterocycles. The van der Waals surface area contributed by atoms with Gasteiger partial charge >= 0.3 is 12.0 Å². The van der Waals surface area contributed by atoms with E-state index in [-0.39, 0.29) is 18.7 Å². The number of carboxylic acid groups (broad SMARTS) is 1. The average Bonchev–Trinajstić information content (AvgIpc) is 2.61. The van der Waals surface area contributed by atoms with Crippen LogP contribution in [0.25, 0.3) is 0 Å². The Hall–Kier alpha value is -3.01. The number of methoxy groups -OCH3 is 1. The molecule has 0 spiro atoms. The smallest absolute Gasteiger partial charge is 0.328 e. The summed E-state index contributed by atoms with van der Waals surface area (Å²) in [7, 11) is 1.52. The van der Waals surface area contributed by atoms with Crippen LogP contribution in [0.1, 0.15) is 44.1 Å². The second-order valence-electron chi connectivity index (χ2n) is 5.90. The molecular formula is C19H22N2O5. The first-order valence-electron chi connectivity index (χ1n) is 8.51. The second-order valence-corrected chi connectivity index (χ2v) is 5.90. The molecule has 1 fully saturated rings. The molecule has 1 aromatic rings. The summed E-state index contributed by atoms with van der Waals surface area (Å²) in [6.45, 7) is 0.308. The summed E-state index contributed by atoms with van der Waals surface area (Å²) in [4.78, 5) is 35.1. The summed E-state index contributed by atoms with van der Waals surface area (Å²) in [6.07, 6.45) is 3.50. The molecule has 1 heterocycles. The van der Waals surface area contributed by atoms with Gasteiger partial charge in [-0.05, 0) is 31.0 Å². The number of carboxylic acids is 1. The predicted molar refractivity (Wildman–Crippen MR) is 96.1 cm³/mol. The van der Waals surface area contributed by atoms with Gasteiger partial charge in [0, 0.05) is 31.4 Å². The van der Waals surface area contributed by atoms with Crippen LogP contribution in [0, 0.1) is 11.8 Å². The molecule has 3 amide bonds. The molecule has 26 heavy (non-hydrogen) atoms. The topological polar surface area (TPSA) is 95.9 Å². The highest BCUT2D eigenvalue weighted by molar-refractivity contribution is 6.06.